The number of ether oxygens (including phenoxy) is 8. The number of carbonyl (C=O) groups is 1. The molecule has 5 N–H and O–H groups in total. The first-order valence-electron chi connectivity index (χ1n) is 19.1. The summed E-state index contributed by atoms with van der Waals surface area (Å²) in [6.45, 7) is 9.34. The number of rotatable bonds is 33. The van der Waals surface area contributed by atoms with Gasteiger partial charge >= 0.3 is 0 Å². The average molecular weight is 790 g/mol. The zero-order chi connectivity index (χ0) is 39.6. The van der Waals surface area contributed by atoms with Gasteiger partial charge in [0.25, 0.3) is 6.01 Å². The SMILES string of the molecule is CN(C)c1ncnc2c1c(-c1ccc3oc(N)nc3c1)nn2CCCCNC(=O)CCOCCOCCOCCOCCOCCOCCOCCOCCN. The number of oxazole rings is 1. The maximum absolute atomic E-state index is 12.3. The van der Waals surface area contributed by atoms with Gasteiger partial charge in [0.15, 0.2) is 11.2 Å². The lowest BCUT2D eigenvalue weighted by Crippen LogP contribution is -2.26. The van der Waals surface area contributed by atoms with Crippen LogP contribution in [0.5, 0.6) is 0 Å². The molecule has 0 bridgehead atoms. The smallest absolute Gasteiger partial charge is 0.292 e. The van der Waals surface area contributed by atoms with Crippen LogP contribution in [0.25, 0.3) is 33.4 Å². The molecule has 0 radical (unpaired) electrons. The van der Waals surface area contributed by atoms with E-state index in [-0.39, 0.29) is 18.3 Å². The number of benzene rings is 1. The fourth-order valence-corrected chi connectivity index (χ4v) is 5.37. The molecule has 4 rings (SSSR count). The summed E-state index contributed by atoms with van der Waals surface area (Å²) in [5, 5.41) is 8.74. The lowest BCUT2D eigenvalue weighted by molar-refractivity contribution is -0.122. The van der Waals surface area contributed by atoms with Crippen molar-refractivity contribution in [3.8, 4) is 11.3 Å². The number of amides is 1. The maximum atomic E-state index is 12.3. The van der Waals surface area contributed by atoms with Crippen molar-refractivity contribution in [2.45, 2.75) is 25.8 Å². The van der Waals surface area contributed by atoms with Crippen molar-refractivity contribution in [3.63, 3.8) is 0 Å². The van der Waals surface area contributed by atoms with E-state index in [1.54, 1.807) is 6.33 Å². The number of hydrogen-bond donors (Lipinski definition) is 3. The number of aryl methyl sites for hydroxylation is 1. The van der Waals surface area contributed by atoms with Gasteiger partial charge in [-0.25, -0.2) is 14.6 Å². The van der Waals surface area contributed by atoms with Gasteiger partial charge in [0.1, 0.15) is 23.4 Å². The molecule has 1 aromatic carbocycles. The van der Waals surface area contributed by atoms with Crippen LogP contribution in [0.1, 0.15) is 19.3 Å². The Hall–Kier alpha value is -4.05. The lowest BCUT2D eigenvalue weighted by atomic mass is 10.1. The molecule has 0 atom stereocenters. The average Bonchev–Trinajstić information content (AvgIpc) is 3.76. The zero-order valence-electron chi connectivity index (χ0n) is 32.8. The van der Waals surface area contributed by atoms with E-state index in [4.69, 9.17) is 58.9 Å². The second-order valence-corrected chi connectivity index (χ2v) is 12.6. The molecule has 3 heterocycles. The molecule has 0 aliphatic carbocycles. The number of nitrogens with one attached hydrogen (secondary N) is 1. The van der Waals surface area contributed by atoms with Crippen LogP contribution in [0.4, 0.5) is 11.8 Å². The molecule has 312 valence electrons. The topological polar surface area (TPSA) is 228 Å². The number of fused-ring (bicyclic) bond motifs is 2. The number of anilines is 2. The van der Waals surface area contributed by atoms with E-state index in [2.05, 4.69) is 20.3 Å². The van der Waals surface area contributed by atoms with Crippen LogP contribution in [0.15, 0.2) is 28.9 Å². The number of nitrogen functional groups attached to an aromatic ring is 1. The molecule has 1 amide bonds. The van der Waals surface area contributed by atoms with Crippen molar-refractivity contribution >= 4 is 39.9 Å². The molecule has 0 aliphatic heterocycles. The zero-order valence-corrected chi connectivity index (χ0v) is 32.8. The minimum atomic E-state index is -0.0559. The van der Waals surface area contributed by atoms with Crippen LogP contribution < -0.4 is 21.7 Å². The van der Waals surface area contributed by atoms with Gasteiger partial charge in [0.05, 0.1) is 111 Å². The minimum absolute atomic E-state index is 0.0559. The molecule has 0 spiro atoms. The molecule has 3 aromatic heterocycles. The van der Waals surface area contributed by atoms with Crippen molar-refractivity contribution in [2.75, 3.05) is 144 Å². The summed E-state index contributed by atoms with van der Waals surface area (Å²) in [6, 6.07) is 5.78. The Bertz CT molecular complexity index is 1670. The van der Waals surface area contributed by atoms with Gasteiger partial charge < -0.3 is 64.0 Å². The quantitative estimate of drug-likeness (QED) is 0.0583. The van der Waals surface area contributed by atoms with Gasteiger partial charge in [-0.05, 0) is 31.0 Å². The maximum Gasteiger partial charge on any atom is 0.292 e. The number of nitrogens with zero attached hydrogens (tertiary/aromatic N) is 6. The number of nitrogens with two attached hydrogens (primary N) is 2. The predicted octanol–water partition coefficient (Wildman–Crippen LogP) is 1.66. The van der Waals surface area contributed by atoms with E-state index in [0.29, 0.717) is 136 Å². The summed E-state index contributed by atoms with van der Waals surface area (Å²) >= 11 is 0. The van der Waals surface area contributed by atoms with E-state index in [0.717, 1.165) is 41.0 Å². The molecule has 0 saturated carbocycles. The van der Waals surface area contributed by atoms with E-state index in [1.807, 2.05) is 41.9 Å². The van der Waals surface area contributed by atoms with E-state index in [1.165, 1.54) is 0 Å². The largest absolute Gasteiger partial charge is 0.424 e. The normalized spacial score (nSPS) is 11.6. The summed E-state index contributed by atoms with van der Waals surface area (Å²) < 4.78 is 50.9. The van der Waals surface area contributed by atoms with Crippen LogP contribution in [0.3, 0.4) is 0 Å². The first-order chi connectivity index (χ1) is 27.5. The summed E-state index contributed by atoms with van der Waals surface area (Å²) in [6.07, 6.45) is 3.39. The summed E-state index contributed by atoms with van der Waals surface area (Å²) in [5.74, 6) is 0.709. The van der Waals surface area contributed by atoms with Crippen molar-refractivity contribution in [1.29, 1.82) is 0 Å². The number of carbonyl (C=O) groups excluding carboxylic acids is 1. The minimum Gasteiger partial charge on any atom is -0.424 e. The third-order valence-corrected chi connectivity index (χ3v) is 8.07. The fourth-order valence-electron chi connectivity index (χ4n) is 5.37. The molecule has 19 nitrogen and oxygen atoms in total. The molecule has 0 unspecified atom stereocenters. The Morgan fingerprint density at radius 1 is 0.768 bits per heavy atom. The van der Waals surface area contributed by atoms with Gasteiger partial charge in [0.2, 0.25) is 5.91 Å². The predicted molar refractivity (Wildman–Crippen MR) is 210 cm³/mol. The Labute approximate surface area is 327 Å². The standard InChI is InChI=1S/C37H59N9O10/c1-45(2)35-33-34(29-5-6-31-30(27-29)43-37(39)56-31)44-46(36(33)42-28-41-35)10-4-3-9-40-32(47)7-11-48-13-15-50-17-19-52-21-23-54-25-26-55-24-22-53-20-18-51-16-14-49-12-8-38/h5-6,27-28H,3-4,7-26,38H2,1-2H3,(H2,39,43)(H,40,47). The van der Waals surface area contributed by atoms with Crippen LogP contribution in [-0.2, 0) is 49.2 Å². The van der Waals surface area contributed by atoms with Gasteiger partial charge in [-0.1, -0.05) is 0 Å². The highest BCUT2D eigenvalue weighted by Crippen LogP contribution is 2.34. The molecular formula is C37H59N9O10. The first-order valence-corrected chi connectivity index (χ1v) is 19.1. The van der Waals surface area contributed by atoms with E-state index >= 15 is 0 Å². The van der Waals surface area contributed by atoms with E-state index < -0.39 is 0 Å². The molecule has 0 fully saturated rings. The highest BCUT2D eigenvalue weighted by Gasteiger charge is 2.20. The summed E-state index contributed by atoms with van der Waals surface area (Å²) in [5.41, 5.74) is 14.7. The third kappa shape index (κ3) is 16.2. The Kier molecular flexibility index (Phi) is 21.3. The molecule has 0 saturated heterocycles. The number of aromatic nitrogens is 5. The summed E-state index contributed by atoms with van der Waals surface area (Å²) in [4.78, 5) is 27.6. The first kappa shape index (κ1) is 44.7. The van der Waals surface area contributed by atoms with Crippen LogP contribution >= 0.6 is 0 Å². The molecule has 0 aliphatic rings. The van der Waals surface area contributed by atoms with Crippen LogP contribution in [0.2, 0.25) is 0 Å². The van der Waals surface area contributed by atoms with Crippen LogP contribution in [0, 0.1) is 0 Å². The molecule has 19 heteroatoms. The monoisotopic (exact) mass is 789 g/mol. The summed E-state index contributed by atoms with van der Waals surface area (Å²) in [7, 11) is 3.87. The van der Waals surface area contributed by atoms with Gasteiger partial charge in [-0.3, -0.25) is 4.79 Å². The van der Waals surface area contributed by atoms with Gasteiger partial charge in [-0.2, -0.15) is 10.1 Å². The second kappa shape index (κ2) is 26.7. The van der Waals surface area contributed by atoms with E-state index in [9.17, 15) is 4.79 Å². The molecule has 4 aromatic rings. The number of unbranched alkanes of at least 4 members (excludes halogenated alkanes) is 1. The lowest BCUT2D eigenvalue weighted by Gasteiger charge is -2.12. The van der Waals surface area contributed by atoms with Crippen molar-refractivity contribution < 1.29 is 47.1 Å². The fraction of sp³-hybridized carbons (Fsp3) is 0.649. The van der Waals surface area contributed by atoms with Crippen LogP contribution in [-0.4, -0.2) is 164 Å². The Balaban J connectivity index is 0.949. The number of hydrogen-bond acceptors (Lipinski definition) is 17. The molecular weight excluding hydrogens is 730 g/mol. The van der Waals surface area contributed by atoms with Gasteiger partial charge in [0, 0.05) is 45.7 Å². The Morgan fingerprint density at radius 2 is 1.32 bits per heavy atom. The van der Waals surface area contributed by atoms with Crippen molar-refractivity contribution in [3.05, 3.63) is 24.5 Å². The third-order valence-electron chi connectivity index (χ3n) is 8.07. The Morgan fingerprint density at radius 3 is 1.88 bits per heavy atom. The van der Waals surface area contributed by atoms with Crippen molar-refractivity contribution in [2.24, 2.45) is 5.73 Å². The second-order valence-electron chi connectivity index (χ2n) is 12.6. The van der Waals surface area contributed by atoms with Gasteiger partial charge in [-0.15, -0.1) is 0 Å². The van der Waals surface area contributed by atoms with Crippen molar-refractivity contribution in [1.82, 2.24) is 30.0 Å². The molecule has 56 heavy (non-hydrogen) atoms. The highest BCUT2D eigenvalue weighted by atomic mass is 16.6. The highest BCUT2D eigenvalue weighted by molar-refractivity contribution is 6.00.